The van der Waals surface area contributed by atoms with Gasteiger partial charge in [0, 0.05) is 12.6 Å². The summed E-state index contributed by atoms with van der Waals surface area (Å²) in [6.07, 6.45) is -0.470. The third kappa shape index (κ3) is 5.14. The van der Waals surface area contributed by atoms with Gasteiger partial charge in [0.1, 0.15) is 18.5 Å². The van der Waals surface area contributed by atoms with Crippen molar-refractivity contribution in [1.82, 2.24) is 5.32 Å². The van der Waals surface area contributed by atoms with Crippen LogP contribution in [0.1, 0.15) is 19.4 Å². The molecule has 0 aliphatic heterocycles. The number of hydrogen-bond donors (Lipinski definition) is 2. The van der Waals surface area contributed by atoms with Crippen LogP contribution in [0.25, 0.3) is 0 Å². The monoisotopic (exact) mass is 222 g/mol. The van der Waals surface area contributed by atoms with E-state index in [4.69, 9.17) is 4.74 Å². The summed E-state index contributed by atoms with van der Waals surface area (Å²) in [5.41, 5.74) is 1.16. The van der Waals surface area contributed by atoms with Gasteiger partial charge in [0.15, 0.2) is 0 Å². The zero-order chi connectivity index (χ0) is 12.0. The van der Waals surface area contributed by atoms with Gasteiger partial charge in [0.2, 0.25) is 0 Å². The number of hydrogen-bond acceptors (Lipinski definition) is 3. The first kappa shape index (κ1) is 13.0. The third-order valence-electron chi connectivity index (χ3n) is 2.19. The zero-order valence-electron chi connectivity index (χ0n) is 10.2. The van der Waals surface area contributed by atoms with E-state index in [9.17, 15) is 5.11 Å². The molecule has 1 rings (SSSR count). The smallest absolute Gasteiger partial charge is 0.119 e. The van der Waals surface area contributed by atoms with Gasteiger partial charge in [-0.1, -0.05) is 26.0 Å². The van der Waals surface area contributed by atoms with Gasteiger partial charge in [0.25, 0.3) is 0 Å². The van der Waals surface area contributed by atoms with Crippen molar-refractivity contribution in [3.05, 3.63) is 29.8 Å². The molecule has 0 spiro atoms. The lowest BCUT2D eigenvalue weighted by Gasteiger charge is -2.15. The molecule has 0 amide bonds. The van der Waals surface area contributed by atoms with Crippen molar-refractivity contribution >= 4 is 0 Å². The molecule has 3 nitrogen and oxygen atoms in total. The molecule has 0 saturated carbocycles. The Hall–Kier alpha value is -1.06. The minimum atomic E-state index is -0.470. The molecule has 0 bridgehead atoms. The Balaban J connectivity index is 2.28. The van der Waals surface area contributed by atoms with Crippen LogP contribution >= 0.6 is 0 Å². The fourth-order valence-electron chi connectivity index (χ4n) is 1.33. The topological polar surface area (TPSA) is 41.5 Å². The SMILES string of the molecule is Cc1cccc(OC[11C@@H](O)CNC(C)C)c1. The van der Waals surface area contributed by atoms with E-state index in [-0.39, 0.29) is 0 Å². The van der Waals surface area contributed by atoms with Crippen LogP contribution in [0.15, 0.2) is 24.3 Å². The van der Waals surface area contributed by atoms with Crippen molar-refractivity contribution in [1.29, 1.82) is 0 Å². The molecular formula is C13H21NO2. The molecule has 1 aromatic carbocycles. The Bertz CT molecular complexity index is 313. The van der Waals surface area contributed by atoms with Crippen LogP contribution in [0.5, 0.6) is 5.75 Å². The summed E-state index contributed by atoms with van der Waals surface area (Å²) in [6.45, 7) is 7.00. The number of rotatable bonds is 6. The first-order valence-corrected chi connectivity index (χ1v) is 5.69. The average molecular weight is 222 g/mol. The fourth-order valence-corrected chi connectivity index (χ4v) is 1.33. The van der Waals surface area contributed by atoms with Crippen molar-refractivity contribution in [3.8, 4) is 5.75 Å². The van der Waals surface area contributed by atoms with Gasteiger partial charge in [-0.25, -0.2) is 0 Å². The first-order chi connectivity index (χ1) is 7.58. The largest absolute Gasteiger partial charge is 0.491 e. The van der Waals surface area contributed by atoms with Gasteiger partial charge in [0.05, 0.1) is 0 Å². The second-order valence-corrected chi connectivity index (χ2v) is 4.34. The Kier molecular flexibility index (Phi) is 5.29. The molecule has 0 fully saturated rings. The molecule has 0 radical (unpaired) electrons. The van der Waals surface area contributed by atoms with Crippen LogP contribution in [-0.2, 0) is 0 Å². The Labute approximate surface area is 97.4 Å². The molecule has 0 saturated heterocycles. The molecule has 0 unspecified atom stereocenters. The van der Waals surface area contributed by atoms with Gasteiger partial charge >= 0.3 is 0 Å². The van der Waals surface area contributed by atoms with E-state index in [0.717, 1.165) is 11.3 Å². The summed E-state index contributed by atoms with van der Waals surface area (Å²) in [5, 5.41) is 12.8. The van der Waals surface area contributed by atoms with E-state index >= 15 is 0 Å². The Morgan fingerprint density at radius 1 is 1.38 bits per heavy atom. The normalized spacial score (nSPS) is 12.8. The summed E-state index contributed by atoms with van der Waals surface area (Å²) in [5.74, 6) is 0.809. The van der Waals surface area contributed by atoms with E-state index in [1.807, 2.05) is 45.0 Å². The molecule has 16 heavy (non-hydrogen) atoms. The highest BCUT2D eigenvalue weighted by Gasteiger charge is 2.05. The van der Waals surface area contributed by atoms with E-state index < -0.39 is 6.10 Å². The molecule has 90 valence electrons. The van der Waals surface area contributed by atoms with Crippen LogP contribution in [0.2, 0.25) is 0 Å². The predicted molar refractivity (Wildman–Crippen MR) is 65.8 cm³/mol. The summed E-state index contributed by atoms with van der Waals surface area (Å²) in [6, 6.07) is 8.21. The number of benzene rings is 1. The van der Waals surface area contributed by atoms with Crippen LogP contribution in [0.4, 0.5) is 0 Å². The summed E-state index contributed by atoms with van der Waals surface area (Å²) < 4.78 is 5.49. The van der Waals surface area contributed by atoms with Crippen molar-refractivity contribution in [2.45, 2.75) is 32.9 Å². The molecule has 3 heteroatoms. The minimum Gasteiger partial charge on any atom is -0.491 e. The molecular weight excluding hydrogens is 201 g/mol. The van der Waals surface area contributed by atoms with E-state index in [1.165, 1.54) is 0 Å². The number of aliphatic hydroxyl groups is 1. The first-order valence-electron chi connectivity index (χ1n) is 5.69. The number of nitrogens with one attached hydrogen (secondary N) is 1. The Morgan fingerprint density at radius 3 is 2.75 bits per heavy atom. The summed E-state index contributed by atoms with van der Waals surface area (Å²) in [4.78, 5) is 0. The van der Waals surface area contributed by atoms with Crippen molar-refractivity contribution in [3.63, 3.8) is 0 Å². The molecule has 1 aromatic rings. The lowest BCUT2D eigenvalue weighted by atomic mass is 9.82. The lowest BCUT2D eigenvalue weighted by Crippen LogP contribution is -2.35. The Morgan fingerprint density at radius 2 is 2.12 bits per heavy atom. The van der Waals surface area contributed by atoms with Gasteiger partial charge < -0.3 is 15.2 Å². The maximum Gasteiger partial charge on any atom is 0.119 e. The van der Waals surface area contributed by atoms with E-state index in [1.54, 1.807) is 0 Å². The number of aliphatic hydroxyl groups excluding tert-OH is 1. The molecule has 0 aliphatic carbocycles. The highest BCUT2D eigenvalue weighted by Crippen LogP contribution is 2.12. The van der Waals surface area contributed by atoms with E-state index in [0.29, 0.717) is 19.2 Å². The highest BCUT2D eigenvalue weighted by molar-refractivity contribution is 5.27. The van der Waals surface area contributed by atoms with Crippen LogP contribution < -0.4 is 10.1 Å². The number of ether oxygens (including phenoxy) is 1. The maximum atomic E-state index is 9.64. The predicted octanol–water partition coefficient (Wildman–Crippen LogP) is 1.73. The molecule has 1 atom stereocenters. The highest BCUT2D eigenvalue weighted by atomic mass is 16.5. The molecule has 2 N–H and O–H groups in total. The van der Waals surface area contributed by atoms with Crippen molar-refractivity contribution in [2.75, 3.05) is 13.2 Å². The number of aryl methyl sites for hydroxylation is 1. The van der Waals surface area contributed by atoms with Gasteiger partial charge in [-0.2, -0.15) is 0 Å². The second kappa shape index (κ2) is 6.51. The molecule has 0 aromatic heterocycles. The lowest BCUT2D eigenvalue weighted by molar-refractivity contribution is 0.104. The molecule has 0 aliphatic rings. The quantitative estimate of drug-likeness (QED) is 0.770. The van der Waals surface area contributed by atoms with Gasteiger partial charge in [-0.3, -0.25) is 0 Å². The zero-order valence-corrected chi connectivity index (χ0v) is 10.2. The van der Waals surface area contributed by atoms with Gasteiger partial charge in [-0.05, 0) is 24.6 Å². The van der Waals surface area contributed by atoms with Crippen molar-refractivity contribution in [2.24, 2.45) is 0 Å². The van der Waals surface area contributed by atoms with Crippen LogP contribution in [-0.4, -0.2) is 30.4 Å². The van der Waals surface area contributed by atoms with Crippen LogP contribution in [0.3, 0.4) is 0 Å². The standard InChI is InChI=1S/C13H21NO2/c1-10(2)14-8-12(15)9-16-13-6-4-5-11(3)7-13/h4-7,10,12,14-15H,8-9H2,1-3H3/t12-/m0/s1/i12-1. The van der Waals surface area contributed by atoms with Crippen molar-refractivity contribution < 1.29 is 9.84 Å². The molecule has 0 heterocycles. The van der Waals surface area contributed by atoms with Gasteiger partial charge in [-0.15, -0.1) is 0 Å². The summed E-state index contributed by atoms with van der Waals surface area (Å²) in [7, 11) is 0. The van der Waals surface area contributed by atoms with E-state index in [2.05, 4.69) is 5.32 Å². The fraction of sp³-hybridized carbons (Fsp3) is 0.538. The third-order valence-corrected chi connectivity index (χ3v) is 2.19. The average Bonchev–Trinajstić information content (AvgIpc) is 2.23. The van der Waals surface area contributed by atoms with Crippen LogP contribution in [0, 0.1) is 6.92 Å². The summed E-state index contributed by atoms with van der Waals surface area (Å²) >= 11 is 0. The maximum absolute atomic E-state index is 9.64. The minimum absolute atomic E-state index is 0.323. The second-order valence-electron chi connectivity index (χ2n) is 4.34.